The van der Waals surface area contributed by atoms with Gasteiger partial charge >= 0.3 is 0 Å². The number of nitriles is 1. The van der Waals surface area contributed by atoms with Crippen molar-refractivity contribution in [1.29, 1.82) is 5.26 Å². The van der Waals surface area contributed by atoms with Crippen LogP contribution < -0.4 is 0 Å². The maximum atomic E-state index is 11.8. The minimum Gasteiger partial charge on any atom is -0.371 e. The van der Waals surface area contributed by atoms with Crippen molar-refractivity contribution < 1.29 is 9.53 Å². The molecule has 0 N–H and O–H groups in total. The molecule has 1 aromatic carbocycles. The quantitative estimate of drug-likeness (QED) is 0.705. The topological polar surface area (TPSA) is 53.3 Å². The predicted octanol–water partition coefficient (Wildman–Crippen LogP) is 2.01. The molecule has 1 rings (SSSR count). The average Bonchev–Trinajstić information content (AvgIpc) is 2.44. The third-order valence-corrected chi connectivity index (χ3v) is 3.04. The van der Waals surface area contributed by atoms with Crippen LogP contribution in [0, 0.1) is 11.3 Å². The van der Waals surface area contributed by atoms with Crippen molar-refractivity contribution in [2.75, 3.05) is 20.3 Å². The van der Waals surface area contributed by atoms with Crippen LogP contribution in [0.5, 0.6) is 0 Å². The van der Waals surface area contributed by atoms with Gasteiger partial charge in [0.25, 0.3) is 0 Å². The summed E-state index contributed by atoms with van der Waals surface area (Å²) in [6.45, 7) is 2.44. The molecule has 0 aliphatic carbocycles. The van der Waals surface area contributed by atoms with E-state index in [1.54, 1.807) is 11.9 Å². The molecule has 0 saturated heterocycles. The largest absolute Gasteiger partial charge is 0.371 e. The number of likely N-dealkylation sites (N-methyl/N-ethyl adjacent to an activating group) is 1. The molecule has 1 aromatic rings. The molecule has 1 atom stereocenters. The lowest BCUT2D eigenvalue weighted by molar-refractivity contribution is -0.136. The number of amides is 1. The molecule has 1 unspecified atom stereocenters. The van der Waals surface area contributed by atoms with E-state index >= 15 is 0 Å². The second-order valence-electron chi connectivity index (χ2n) is 4.50. The highest BCUT2D eigenvalue weighted by Gasteiger charge is 2.15. The van der Waals surface area contributed by atoms with Crippen LogP contribution >= 0.6 is 0 Å². The first kappa shape index (κ1) is 15.2. The molecule has 0 bridgehead atoms. The second-order valence-corrected chi connectivity index (χ2v) is 4.50. The Morgan fingerprint density at radius 1 is 1.42 bits per heavy atom. The Labute approximate surface area is 114 Å². The van der Waals surface area contributed by atoms with E-state index < -0.39 is 0 Å². The third kappa shape index (κ3) is 5.54. The molecule has 0 aliphatic heterocycles. The molecule has 0 aromatic heterocycles. The van der Waals surface area contributed by atoms with E-state index in [2.05, 4.69) is 6.07 Å². The van der Waals surface area contributed by atoms with Crippen molar-refractivity contribution in [3.05, 3.63) is 35.9 Å². The van der Waals surface area contributed by atoms with Gasteiger partial charge in [0, 0.05) is 13.1 Å². The lowest BCUT2D eigenvalue weighted by atomic mass is 10.2. The zero-order valence-corrected chi connectivity index (χ0v) is 11.5. The van der Waals surface area contributed by atoms with Gasteiger partial charge in [-0.3, -0.25) is 4.79 Å². The third-order valence-electron chi connectivity index (χ3n) is 3.04. The molecule has 1 amide bonds. The highest BCUT2D eigenvalue weighted by Crippen LogP contribution is 2.02. The molecule has 0 aliphatic rings. The molecule has 4 heteroatoms. The second kappa shape index (κ2) is 8.28. The molecule has 0 fully saturated rings. The van der Waals surface area contributed by atoms with Crippen LogP contribution in [-0.2, 0) is 16.0 Å². The van der Waals surface area contributed by atoms with Crippen LogP contribution in [0.1, 0.15) is 18.9 Å². The maximum absolute atomic E-state index is 11.8. The van der Waals surface area contributed by atoms with Gasteiger partial charge in [-0.15, -0.1) is 0 Å². The summed E-state index contributed by atoms with van der Waals surface area (Å²) >= 11 is 0. The van der Waals surface area contributed by atoms with Crippen molar-refractivity contribution in [1.82, 2.24) is 4.90 Å². The van der Waals surface area contributed by atoms with Gasteiger partial charge in [-0.05, 0) is 18.9 Å². The van der Waals surface area contributed by atoms with Gasteiger partial charge in [0.15, 0.2) is 0 Å². The normalized spacial score (nSPS) is 11.6. The number of hydrogen-bond donors (Lipinski definition) is 0. The monoisotopic (exact) mass is 260 g/mol. The Hall–Kier alpha value is -1.86. The molecule has 19 heavy (non-hydrogen) atoms. The van der Waals surface area contributed by atoms with Gasteiger partial charge < -0.3 is 9.64 Å². The summed E-state index contributed by atoms with van der Waals surface area (Å²) in [6.07, 6.45) is 1.14. The highest BCUT2D eigenvalue weighted by molar-refractivity contribution is 5.77. The van der Waals surface area contributed by atoms with Crippen LogP contribution in [0.4, 0.5) is 0 Å². The van der Waals surface area contributed by atoms with E-state index in [0.717, 1.165) is 6.42 Å². The Bertz CT molecular complexity index is 426. The van der Waals surface area contributed by atoms with E-state index in [-0.39, 0.29) is 18.6 Å². The molecular weight excluding hydrogens is 240 g/mol. The van der Waals surface area contributed by atoms with Crippen molar-refractivity contribution >= 4 is 5.91 Å². The molecule has 0 radical (unpaired) electrons. The van der Waals surface area contributed by atoms with Crippen molar-refractivity contribution in [3.63, 3.8) is 0 Å². The summed E-state index contributed by atoms with van der Waals surface area (Å²) in [6, 6.07) is 12.0. The maximum Gasteiger partial charge on any atom is 0.248 e. The first-order chi connectivity index (χ1) is 9.15. The summed E-state index contributed by atoms with van der Waals surface area (Å²) in [5.41, 5.74) is 1.20. The van der Waals surface area contributed by atoms with Gasteiger partial charge in [-0.25, -0.2) is 0 Å². The van der Waals surface area contributed by atoms with Crippen molar-refractivity contribution in [3.8, 4) is 6.07 Å². The molecule has 4 nitrogen and oxygen atoms in total. The van der Waals surface area contributed by atoms with E-state index in [9.17, 15) is 4.79 Å². The van der Waals surface area contributed by atoms with E-state index in [1.165, 1.54) is 5.56 Å². The fourth-order valence-electron chi connectivity index (χ4n) is 1.61. The Kier molecular flexibility index (Phi) is 6.62. The zero-order chi connectivity index (χ0) is 14.1. The number of ether oxygens (including phenoxy) is 1. The summed E-state index contributed by atoms with van der Waals surface area (Å²) in [5.74, 6) is -0.0872. The highest BCUT2D eigenvalue weighted by atomic mass is 16.5. The van der Waals surface area contributed by atoms with Crippen molar-refractivity contribution in [2.24, 2.45) is 0 Å². The fraction of sp³-hybridized carbons (Fsp3) is 0.467. The predicted molar refractivity (Wildman–Crippen MR) is 73.4 cm³/mol. The number of carbonyl (C=O) groups excluding carboxylic acids is 1. The van der Waals surface area contributed by atoms with Crippen LogP contribution in [-0.4, -0.2) is 37.1 Å². The summed E-state index contributed by atoms with van der Waals surface area (Å²) in [5, 5.41) is 8.59. The van der Waals surface area contributed by atoms with Crippen LogP contribution in [0.25, 0.3) is 0 Å². The first-order valence-corrected chi connectivity index (χ1v) is 6.39. The van der Waals surface area contributed by atoms with Gasteiger partial charge in [-0.2, -0.15) is 5.26 Å². The van der Waals surface area contributed by atoms with Gasteiger partial charge in [0.2, 0.25) is 5.91 Å². The number of hydrogen-bond acceptors (Lipinski definition) is 3. The summed E-state index contributed by atoms with van der Waals surface area (Å²) in [4.78, 5) is 13.3. The van der Waals surface area contributed by atoms with Crippen molar-refractivity contribution in [2.45, 2.75) is 25.8 Å². The SMILES string of the molecule is CC(CC#N)N(C)C(=O)COCCc1ccccc1. The summed E-state index contributed by atoms with van der Waals surface area (Å²) < 4.78 is 5.37. The number of benzene rings is 1. The van der Waals surface area contributed by atoms with Gasteiger partial charge in [0.1, 0.15) is 6.61 Å². The van der Waals surface area contributed by atoms with Crippen LogP contribution in [0.15, 0.2) is 30.3 Å². The number of rotatable bonds is 7. The molecule has 102 valence electrons. The lowest BCUT2D eigenvalue weighted by Crippen LogP contribution is -2.37. The molecule has 0 heterocycles. The Balaban J connectivity index is 2.22. The first-order valence-electron chi connectivity index (χ1n) is 6.39. The average molecular weight is 260 g/mol. The smallest absolute Gasteiger partial charge is 0.248 e. The van der Waals surface area contributed by atoms with Gasteiger partial charge in [0.05, 0.1) is 19.1 Å². The Morgan fingerprint density at radius 2 is 2.11 bits per heavy atom. The standard InChI is InChI=1S/C15H20N2O2/c1-13(8-10-16)17(2)15(18)12-19-11-9-14-6-4-3-5-7-14/h3-7,13H,8-9,11-12H2,1-2H3. The summed E-state index contributed by atoms with van der Waals surface area (Å²) in [7, 11) is 1.70. The molecule has 0 saturated carbocycles. The van der Waals surface area contributed by atoms with Crippen LogP contribution in [0.2, 0.25) is 0 Å². The fourth-order valence-corrected chi connectivity index (χ4v) is 1.61. The van der Waals surface area contributed by atoms with E-state index in [4.69, 9.17) is 10.00 Å². The number of nitrogens with zero attached hydrogens (tertiary/aromatic N) is 2. The van der Waals surface area contributed by atoms with Crippen LogP contribution in [0.3, 0.4) is 0 Å². The minimum atomic E-state index is -0.0872. The van der Waals surface area contributed by atoms with Gasteiger partial charge in [-0.1, -0.05) is 30.3 Å². The number of carbonyl (C=O) groups is 1. The minimum absolute atomic E-state index is 0.0686. The van der Waals surface area contributed by atoms with E-state index in [0.29, 0.717) is 13.0 Å². The zero-order valence-electron chi connectivity index (χ0n) is 11.5. The molecule has 0 spiro atoms. The Morgan fingerprint density at radius 3 is 2.74 bits per heavy atom. The lowest BCUT2D eigenvalue weighted by Gasteiger charge is -2.22. The van der Waals surface area contributed by atoms with E-state index in [1.807, 2.05) is 37.3 Å². The molecular formula is C15H20N2O2.